The lowest BCUT2D eigenvalue weighted by molar-refractivity contribution is 0.292. The first-order valence-electron chi connectivity index (χ1n) is 7.24. The number of benzene rings is 1. The van der Waals surface area contributed by atoms with Crippen LogP contribution in [0.15, 0.2) is 40.9 Å². The Labute approximate surface area is 134 Å². The molecule has 0 fully saturated rings. The molecule has 4 heteroatoms. The van der Waals surface area contributed by atoms with Crippen LogP contribution >= 0.6 is 15.9 Å². The highest BCUT2D eigenvalue weighted by atomic mass is 79.9. The number of halogens is 1. The summed E-state index contributed by atoms with van der Waals surface area (Å²) in [5, 5.41) is 3.39. The number of nitrogens with one attached hydrogen (secondary N) is 1. The molecule has 0 atom stereocenters. The monoisotopic (exact) mass is 348 g/mol. The van der Waals surface area contributed by atoms with E-state index in [9.17, 15) is 0 Å². The van der Waals surface area contributed by atoms with E-state index in [0.717, 1.165) is 35.2 Å². The molecule has 1 heterocycles. The molecule has 1 aromatic carbocycles. The van der Waals surface area contributed by atoms with Crippen LogP contribution in [0.5, 0.6) is 5.88 Å². The van der Waals surface area contributed by atoms with Gasteiger partial charge in [-0.15, -0.1) is 0 Å². The van der Waals surface area contributed by atoms with Crippen LogP contribution in [0.25, 0.3) is 0 Å². The number of hydrogen-bond donors (Lipinski definition) is 1. The van der Waals surface area contributed by atoms with Crippen molar-refractivity contribution >= 4 is 15.9 Å². The smallest absolute Gasteiger partial charge is 0.213 e. The molecule has 0 saturated carbocycles. The summed E-state index contributed by atoms with van der Waals surface area (Å²) in [4.78, 5) is 4.52. The van der Waals surface area contributed by atoms with Crippen molar-refractivity contribution in [2.45, 2.75) is 33.4 Å². The molecule has 2 aromatic rings. The van der Waals surface area contributed by atoms with E-state index in [1.807, 2.05) is 37.3 Å². The highest BCUT2D eigenvalue weighted by Gasteiger charge is 2.04. The third kappa shape index (κ3) is 4.83. The summed E-state index contributed by atoms with van der Waals surface area (Å²) in [5.41, 5.74) is 3.35. The van der Waals surface area contributed by atoms with Crippen LogP contribution < -0.4 is 10.1 Å². The zero-order chi connectivity index (χ0) is 15.1. The first-order chi connectivity index (χ1) is 10.2. The lowest BCUT2D eigenvalue weighted by Crippen LogP contribution is -2.15. The van der Waals surface area contributed by atoms with E-state index in [1.54, 1.807) is 0 Å². The summed E-state index contributed by atoms with van der Waals surface area (Å²) in [5.74, 6) is 0.669. The SMILES string of the molecule is CCCNCc1ccc(OCc2ccccc2Br)nc1C. The second-order valence-corrected chi connectivity index (χ2v) is 5.81. The van der Waals surface area contributed by atoms with E-state index in [-0.39, 0.29) is 0 Å². The Morgan fingerprint density at radius 1 is 1.14 bits per heavy atom. The summed E-state index contributed by atoms with van der Waals surface area (Å²) >= 11 is 3.52. The van der Waals surface area contributed by atoms with E-state index in [2.05, 4.69) is 39.2 Å². The Bertz CT molecular complexity index is 587. The molecule has 0 aliphatic carbocycles. The van der Waals surface area contributed by atoms with Crippen molar-refractivity contribution < 1.29 is 4.74 Å². The van der Waals surface area contributed by atoms with Crippen LogP contribution in [0.1, 0.15) is 30.2 Å². The zero-order valence-corrected chi connectivity index (χ0v) is 14.1. The lowest BCUT2D eigenvalue weighted by atomic mass is 10.2. The Morgan fingerprint density at radius 2 is 1.95 bits per heavy atom. The predicted octanol–water partition coefficient (Wildman–Crippen LogP) is 4.23. The molecule has 2 rings (SSSR count). The van der Waals surface area contributed by atoms with E-state index >= 15 is 0 Å². The van der Waals surface area contributed by atoms with Gasteiger partial charge in [0.05, 0.1) is 0 Å². The molecule has 0 unspecified atom stereocenters. The van der Waals surface area contributed by atoms with Crippen LogP contribution in [-0.2, 0) is 13.2 Å². The molecule has 0 aliphatic rings. The van der Waals surface area contributed by atoms with Crippen LogP contribution in [0.3, 0.4) is 0 Å². The van der Waals surface area contributed by atoms with Gasteiger partial charge in [0.2, 0.25) is 5.88 Å². The van der Waals surface area contributed by atoms with Gasteiger partial charge in [0.25, 0.3) is 0 Å². The molecule has 112 valence electrons. The van der Waals surface area contributed by atoms with Crippen LogP contribution in [-0.4, -0.2) is 11.5 Å². The van der Waals surface area contributed by atoms with Gasteiger partial charge in [-0.3, -0.25) is 0 Å². The average Bonchev–Trinajstić information content (AvgIpc) is 2.49. The highest BCUT2D eigenvalue weighted by Crippen LogP contribution is 2.19. The van der Waals surface area contributed by atoms with Gasteiger partial charge >= 0.3 is 0 Å². The van der Waals surface area contributed by atoms with Gasteiger partial charge in [-0.1, -0.05) is 47.1 Å². The number of aromatic nitrogens is 1. The average molecular weight is 349 g/mol. The zero-order valence-electron chi connectivity index (χ0n) is 12.5. The second kappa shape index (κ2) is 8.15. The number of rotatable bonds is 7. The van der Waals surface area contributed by atoms with E-state index in [0.29, 0.717) is 12.5 Å². The molecule has 1 N–H and O–H groups in total. The molecule has 1 aromatic heterocycles. The quantitative estimate of drug-likeness (QED) is 0.760. The molecule has 0 bridgehead atoms. The fourth-order valence-electron chi connectivity index (χ4n) is 2.00. The predicted molar refractivity (Wildman–Crippen MR) is 89.4 cm³/mol. The third-order valence-electron chi connectivity index (χ3n) is 3.25. The van der Waals surface area contributed by atoms with Crippen LogP contribution in [0.2, 0.25) is 0 Å². The van der Waals surface area contributed by atoms with Gasteiger partial charge in [0.1, 0.15) is 6.61 Å². The molecular formula is C17H21BrN2O. The van der Waals surface area contributed by atoms with Crippen molar-refractivity contribution in [3.63, 3.8) is 0 Å². The minimum Gasteiger partial charge on any atom is -0.473 e. The lowest BCUT2D eigenvalue weighted by Gasteiger charge is -2.10. The Morgan fingerprint density at radius 3 is 2.67 bits per heavy atom. The standard InChI is InChI=1S/C17H21BrN2O/c1-3-10-19-11-14-8-9-17(20-13(14)2)21-12-15-6-4-5-7-16(15)18/h4-9,19H,3,10-12H2,1-2H3. The van der Waals surface area contributed by atoms with Crippen molar-refractivity contribution in [1.82, 2.24) is 10.3 Å². The fourth-order valence-corrected chi connectivity index (χ4v) is 2.40. The largest absolute Gasteiger partial charge is 0.473 e. The maximum atomic E-state index is 5.77. The van der Waals surface area contributed by atoms with Gasteiger partial charge in [-0.05, 0) is 31.5 Å². The maximum Gasteiger partial charge on any atom is 0.213 e. The number of aryl methyl sites for hydroxylation is 1. The van der Waals surface area contributed by atoms with Crippen molar-refractivity contribution in [3.8, 4) is 5.88 Å². The van der Waals surface area contributed by atoms with E-state index < -0.39 is 0 Å². The topological polar surface area (TPSA) is 34.1 Å². The van der Waals surface area contributed by atoms with Crippen LogP contribution in [0.4, 0.5) is 0 Å². The number of hydrogen-bond acceptors (Lipinski definition) is 3. The molecule has 0 aliphatic heterocycles. The molecule has 21 heavy (non-hydrogen) atoms. The normalized spacial score (nSPS) is 10.6. The van der Waals surface area contributed by atoms with Crippen molar-refractivity contribution in [1.29, 1.82) is 0 Å². The van der Waals surface area contributed by atoms with Crippen molar-refractivity contribution in [2.75, 3.05) is 6.54 Å². The van der Waals surface area contributed by atoms with Gasteiger partial charge in [-0.25, -0.2) is 4.98 Å². The Hall–Kier alpha value is -1.39. The molecular weight excluding hydrogens is 328 g/mol. The number of nitrogens with zero attached hydrogens (tertiary/aromatic N) is 1. The van der Waals surface area contributed by atoms with Gasteiger partial charge < -0.3 is 10.1 Å². The number of pyridine rings is 1. The first-order valence-corrected chi connectivity index (χ1v) is 8.03. The molecule has 3 nitrogen and oxygen atoms in total. The van der Waals surface area contributed by atoms with Gasteiger partial charge in [0.15, 0.2) is 0 Å². The van der Waals surface area contributed by atoms with E-state index in [1.165, 1.54) is 5.56 Å². The van der Waals surface area contributed by atoms with Crippen LogP contribution in [0, 0.1) is 6.92 Å². The first kappa shape index (κ1) is 16.0. The molecule has 0 saturated heterocycles. The molecule has 0 radical (unpaired) electrons. The van der Waals surface area contributed by atoms with Crippen molar-refractivity contribution in [2.24, 2.45) is 0 Å². The third-order valence-corrected chi connectivity index (χ3v) is 4.02. The minimum atomic E-state index is 0.515. The summed E-state index contributed by atoms with van der Waals surface area (Å²) in [6.07, 6.45) is 1.14. The van der Waals surface area contributed by atoms with Gasteiger partial charge in [-0.2, -0.15) is 0 Å². The van der Waals surface area contributed by atoms with E-state index in [4.69, 9.17) is 4.74 Å². The summed E-state index contributed by atoms with van der Waals surface area (Å²) in [6.45, 7) is 6.59. The number of ether oxygens (including phenoxy) is 1. The maximum absolute atomic E-state index is 5.77. The fraction of sp³-hybridized carbons (Fsp3) is 0.353. The Kier molecular flexibility index (Phi) is 6.21. The summed E-state index contributed by atoms with van der Waals surface area (Å²) in [6, 6.07) is 12.1. The summed E-state index contributed by atoms with van der Waals surface area (Å²) < 4.78 is 6.83. The Balaban J connectivity index is 1.95. The van der Waals surface area contributed by atoms with Crippen molar-refractivity contribution in [3.05, 3.63) is 57.7 Å². The highest BCUT2D eigenvalue weighted by molar-refractivity contribution is 9.10. The molecule has 0 amide bonds. The van der Waals surface area contributed by atoms with Gasteiger partial charge in [0, 0.05) is 28.3 Å². The minimum absolute atomic E-state index is 0.515. The second-order valence-electron chi connectivity index (χ2n) is 4.95. The molecule has 0 spiro atoms. The summed E-state index contributed by atoms with van der Waals surface area (Å²) in [7, 11) is 0.